The van der Waals surface area contributed by atoms with Gasteiger partial charge < -0.3 is 15.0 Å². The molecule has 0 bridgehead atoms. The van der Waals surface area contributed by atoms with Gasteiger partial charge in [-0.15, -0.1) is 0 Å². The second-order valence-corrected chi connectivity index (χ2v) is 7.34. The smallest absolute Gasteiger partial charge is 0.261 e. The third kappa shape index (κ3) is 5.94. The maximum Gasteiger partial charge on any atom is 0.261 e. The van der Waals surface area contributed by atoms with Crippen LogP contribution in [0.15, 0.2) is 46.9 Å². The molecule has 150 valence electrons. The van der Waals surface area contributed by atoms with Gasteiger partial charge in [0.05, 0.1) is 4.47 Å². The molecule has 0 aliphatic heterocycles. The number of ether oxygens (including phenoxy) is 1. The number of nitrogens with one attached hydrogen (secondary N) is 1. The minimum absolute atomic E-state index is 0.163. The fourth-order valence-corrected chi connectivity index (χ4v) is 3.48. The fourth-order valence-electron chi connectivity index (χ4n) is 2.69. The van der Waals surface area contributed by atoms with Crippen molar-refractivity contribution >= 4 is 39.3 Å². The Morgan fingerprint density at radius 2 is 1.93 bits per heavy atom. The molecule has 0 saturated heterocycles. The molecule has 28 heavy (non-hydrogen) atoms. The van der Waals surface area contributed by atoms with Gasteiger partial charge in [0, 0.05) is 18.6 Å². The van der Waals surface area contributed by atoms with Gasteiger partial charge in [0.2, 0.25) is 5.91 Å². The maximum absolute atomic E-state index is 13.2. The fraction of sp³-hybridized carbons (Fsp3) is 0.300. The molecular formula is C20H21BrClFN2O3. The highest BCUT2D eigenvalue weighted by Gasteiger charge is 2.28. The van der Waals surface area contributed by atoms with Crippen molar-refractivity contribution in [2.24, 2.45) is 0 Å². The van der Waals surface area contributed by atoms with E-state index in [9.17, 15) is 14.0 Å². The molecule has 0 aliphatic carbocycles. The van der Waals surface area contributed by atoms with Gasteiger partial charge in [-0.3, -0.25) is 9.59 Å². The summed E-state index contributed by atoms with van der Waals surface area (Å²) in [7, 11) is 1.52. The number of carbonyl (C=O) groups is 2. The Morgan fingerprint density at radius 3 is 2.50 bits per heavy atom. The van der Waals surface area contributed by atoms with Gasteiger partial charge in [-0.1, -0.05) is 30.7 Å². The van der Waals surface area contributed by atoms with E-state index in [4.69, 9.17) is 16.3 Å². The third-order valence-corrected chi connectivity index (χ3v) is 5.00. The molecule has 2 aromatic rings. The first-order valence-corrected chi connectivity index (χ1v) is 9.86. The minimum Gasteiger partial charge on any atom is -0.483 e. The highest BCUT2D eigenvalue weighted by molar-refractivity contribution is 9.10. The molecule has 0 aromatic heterocycles. The highest BCUT2D eigenvalue weighted by Crippen LogP contribution is 2.28. The van der Waals surface area contributed by atoms with E-state index in [1.54, 1.807) is 30.3 Å². The Hall–Kier alpha value is -2.12. The van der Waals surface area contributed by atoms with Crippen LogP contribution in [0.4, 0.5) is 4.39 Å². The van der Waals surface area contributed by atoms with E-state index >= 15 is 0 Å². The summed E-state index contributed by atoms with van der Waals surface area (Å²) in [6, 6.07) is 10.1. The van der Waals surface area contributed by atoms with Crippen LogP contribution in [0.3, 0.4) is 0 Å². The van der Waals surface area contributed by atoms with Gasteiger partial charge >= 0.3 is 0 Å². The van der Waals surface area contributed by atoms with Crippen molar-refractivity contribution in [1.82, 2.24) is 10.2 Å². The maximum atomic E-state index is 13.2. The van der Waals surface area contributed by atoms with Crippen molar-refractivity contribution < 1.29 is 18.7 Å². The molecule has 1 unspecified atom stereocenters. The van der Waals surface area contributed by atoms with Crippen molar-refractivity contribution in [1.29, 1.82) is 0 Å². The molecule has 0 aliphatic rings. The quantitative estimate of drug-likeness (QED) is 0.628. The molecule has 1 N–H and O–H groups in total. The summed E-state index contributed by atoms with van der Waals surface area (Å²) in [4.78, 5) is 26.6. The van der Waals surface area contributed by atoms with Crippen LogP contribution in [0, 0.1) is 5.82 Å². The van der Waals surface area contributed by atoms with Gasteiger partial charge in [-0.2, -0.15) is 0 Å². The molecule has 0 radical (unpaired) electrons. The van der Waals surface area contributed by atoms with E-state index in [-0.39, 0.29) is 30.8 Å². The summed E-state index contributed by atoms with van der Waals surface area (Å²) in [5.41, 5.74) is 0.713. The second kappa shape index (κ2) is 10.4. The van der Waals surface area contributed by atoms with Crippen molar-refractivity contribution in [3.8, 4) is 5.75 Å². The van der Waals surface area contributed by atoms with Gasteiger partial charge in [-0.25, -0.2) is 4.39 Å². The number of halogens is 3. The van der Waals surface area contributed by atoms with Crippen LogP contribution in [0.5, 0.6) is 5.75 Å². The van der Waals surface area contributed by atoms with Crippen LogP contribution in [-0.4, -0.2) is 36.4 Å². The zero-order chi connectivity index (χ0) is 20.7. The lowest BCUT2D eigenvalue weighted by molar-refractivity contribution is -0.142. The molecule has 0 saturated carbocycles. The normalized spacial score (nSPS) is 11.6. The van der Waals surface area contributed by atoms with Crippen LogP contribution in [0.2, 0.25) is 5.02 Å². The van der Waals surface area contributed by atoms with Gasteiger partial charge in [0.1, 0.15) is 17.6 Å². The Morgan fingerprint density at radius 1 is 1.25 bits per heavy atom. The number of benzene rings is 2. The number of carbonyl (C=O) groups excluding carboxylic acids is 2. The molecule has 5 nitrogen and oxygen atoms in total. The zero-order valence-corrected chi connectivity index (χ0v) is 17.9. The lowest BCUT2D eigenvalue weighted by Gasteiger charge is -2.30. The first-order valence-electron chi connectivity index (χ1n) is 8.69. The summed E-state index contributed by atoms with van der Waals surface area (Å²) in [5, 5.41) is 3.12. The van der Waals surface area contributed by atoms with E-state index in [1.165, 1.54) is 24.1 Å². The van der Waals surface area contributed by atoms with Crippen molar-refractivity contribution in [2.75, 3.05) is 13.7 Å². The largest absolute Gasteiger partial charge is 0.483 e. The molecule has 0 fully saturated rings. The van der Waals surface area contributed by atoms with Crippen LogP contribution >= 0.6 is 27.5 Å². The van der Waals surface area contributed by atoms with Gasteiger partial charge in [0.15, 0.2) is 6.61 Å². The minimum atomic E-state index is -0.667. The number of amides is 2. The Balaban J connectivity index is 2.19. The summed E-state index contributed by atoms with van der Waals surface area (Å²) >= 11 is 9.25. The third-order valence-electron chi connectivity index (χ3n) is 4.14. The van der Waals surface area contributed by atoms with Crippen molar-refractivity contribution in [3.63, 3.8) is 0 Å². The van der Waals surface area contributed by atoms with Gasteiger partial charge in [-0.05, 0) is 58.2 Å². The molecule has 8 heteroatoms. The predicted octanol–water partition coefficient (Wildman–Crippen LogP) is 4.17. The number of hydrogen-bond acceptors (Lipinski definition) is 3. The van der Waals surface area contributed by atoms with Crippen LogP contribution in [0.25, 0.3) is 0 Å². The number of rotatable bonds is 8. The van der Waals surface area contributed by atoms with Crippen LogP contribution in [0.1, 0.15) is 18.9 Å². The molecule has 0 heterocycles. The molecule has 2 aromatic carbocycles. The molecule has 2 amide bonds. The molecule has 1 atom stereocenters. The zero-order valence-electron chi connectivity index (χ0n) is 15.5. The monoisotopic (exact) mass is 470 g/mol. The Labute approximate surface area is 176 Å². The molecule has 2 rings (SSSR count). The average molecular weight is 472 g/mol. The van der Waals surface area contributed by atoms with Crippen LogP contribution < -0.4 is 10.1 Å². The van der Waals surface area contributed by atoms with E-state index in [0.717, 1.165) is 0 Å². The second-order valence-electron chi connectivity index (χ2n) is 6.05. The van der Waals surface area contributed by atoms with E-state index in [2.05, 4.69) is 21.2 Å². The lowest BCUT2D eigenvalue weighted by Crippen LogP contribution is -2.49. The Bertz CT molecular complexity index is 833. The first-order chi connectivity index (χ1) is 13.3. The summed E-state index contributed by atoms with van der Waals surface area (Å²) < 4.78 is 19.4. The van der Waals surface area contributed by atoms with Crippen LogP contribution in [-0.2, 0) is 16.1 Å². The Kier molecular flexibility index (Phi) is 8.26. The first kappa shape index (κ1) is 22.2. The SMILES string of the molecule is CCC(C(=O)NC)N(Cc1ccc(F)cc1)C(=O)COc1ccc(Cl)cc1Br. The van der Waals surface area contributed by atoms with Crippen molar-refractivity contribution in [3.05, 3.63) is 63.3 Å². The van der Waals surface area contributed by atoms with E-state index in [1.807, 2.05) is 6.92 Å². The average Bonchev–Trinajstić information content (AvgIpc) is 2.68. The van der Waals surface area contributed by atoms with E-state index < -0.39 is 6.04 Å². The summed E-state index contributed by atoms with van der Waals surface area (Å²) in [6.07, 6.45) is 0.428. The van der Waals surface area contributed by atoms with Gasteiger partial charge in [0.25, 0.3) is 5.91 Å². The molecule has 0 spiro atoms. The van der Waals surface area contributed by atoms with E-state index in [0.29, 0.717) is 27.2 Å². The van der Waals surface area contributed by atoms with Crippen molar-refractivity contribution in [2.45, 2.75) is 25.9 Å². The summed E-state index contributed by atoms with van der Waals surface area (Å²) in [5.74, 6) is -0.532. The predicted molar refractivity (Wildman–Crippen MR) is 110 cm³/mol. The standard InChI is InChI=1S/C20H21BrClFN2O3/c1-3-17(20(27)24-2)25(11-13-4-7-15(23)8-5-13)19(26)12-28-18-9-6-14(22)10-16(18)21/h4-10,17H,3,11-12H2,1-2H3,(H,24,27). The number of hydrogen-bond donors (Lipinski definition) is 1. The summed E-state index contributed by atoms with van der Waals surface area (Å²) in [6.45, 7) is 1.73. The highest BCUT2D eigenvalue weighted by atomic mass is 79.9. The number of likely N-dealkylation sites (N-methyl/N-ethyl adjacent to an activating group) is 1. The molecular weight excluding hydrogens is 451 g/mol. The number of nitrogens with zero attached hydrogens (tertiary/aromatic N) is 1. The lowest BCUT2D eigenvalue weighted by atomic mass is 10.1. The topological polar surface area (TPSA) is 58.6 Å².